The van der Waals surface area contributed by atoms with Gasteiger partial charge in [-0.25, -0.2) is 0 Å². The van der Waals surface area contributed by atoms with E-state index in [9.17, 15) is 5.11 Å². The first-order chi connectivity index (χ1) is 12.1. The van der Waals surface area contributed by atoms with E-state index in [1.165, 1.54) is 11.1 Å². The van der Waals surface area contributed by atoms with Gasteiger partial charge in [0.1, 0.15) is 0 Å². The van der Waals surface area contributed by atoms with Gasteiger partial charge < -0.3 is 10.4 Å². The highest BCUT2D eigenvalue weighted by atomic mass is 79.9. The summed E-state index contributed by atoms with van der Waals surface area (Å²) in [6, 6.07) is 26.4. The first kappa shape index (κ1) is 17.7. The molecule has 2 atom stereocenters. The molecule has 0 aliphatic rings. The van der Waals surface area contributed by atoms with Crippen molar-refractivity contribution in [1.82, 2.24) is 0 Å². The van der Waals surface area contributed by atoms with Crippen LogP contribution in [-0.2, 0) is 0 Å². The van der Waals surface area contributed by atoms with Crippen molar-refractivity contribution < 1.29 is 5.11 Å². The quantitative estimate of drug-likeness (QED) is 0.533. The van der Waals surface area contributed by atoms with Crippen molar-refractivity contribution in [2.24, 2.45) is 0 Å². The summed E-state index contributed by atoms with van der Waals surface area (Å²) in [7, 11) is 0. The van der Waals surface area contributed by atoms with E-state index in [0.717, 1.165) is 15.7 Å². The van der Waals surface area contributed by atoms with Crippen LogP contribution in [0.4, 0.5) is 5.69 Å². The molecule has 2 nitrogen and oxygen atoms in total. The molecular formula is C22H22BrNO. The predicted octanol–water partition coefficient (Wildman–Crippen LogP) is 6.03. The Labute approximate surface area is 157 Å². The fourth-order valence-corrected chi connectivity index (χ4v) is 3.12. The Morgan fingerprint density at radius 2 is 1.48 bits per heavy atom. The summed E-state index contributed by atoms with van der Waals surface area (Å²) in [5.74, 6) is 0. The van der Waals surface area contributed by atoms with Crippen LogP contribution < -0.4 is 5.32 Å². The van der Waals surface area contributed by atoms with Gasteiger partial charge in [-0.2, -0.15) is 0 Å². The van der Waals surface area contributed by atoms with Crippen molar-refractivity contribution in [1.29, 1.82) is 0 Å². The summed E-state index contributed by atoms with van der Waals surface area (Å²) < 4.78 is 1.05. The summed E-state index contributed by atoms with van der Waals surface area (Å²) in [5.41, 5.74) is 4.38. The Morgan fingerprint density at radius 1 is 0.840 bits per heavy atom. The molecule has 0 amide bonds. The molecule has 3 aromatic carbocycles. The minimum atomic E-state index is -0.518. The molecule has 3 aromatic rings. The van der Waals surface area contributed by atoms with Crippen molar-refractivity contribution in [3.05, 3.63) is 100 Å². The Hall–Kier alpha value is -2.10. The standard InChI is InChI=1S/C22H22BrNO/c1-16-7-9-17(10-8-16)21(24-20-13-11-19(23)12-14-20)15-22(25)18-5-3-2-4-6-18/h2-14,21-22,24-25H,15H2,1H3. The van der Waals surface area contributed by atoms with Crippen LogP contribution in [-0.4, -0.2) is 5.11 Å². The number of hydrogen-bond donors (Lipinski definition) is 2. The third-order valence-corrected chi connectivity index (χ3v) is 4.84. The molecule has 128 valence electrons. The van der Waals surface area contributed by atoms with E-state index in [1.54, 1.807) is 0 Å². The maximum Gasteiger partial charge on any atom is 0.0812 e. The number of benzene rings is 3. The van der Waals surface area contributed by atoms with E-state index in [4.69, 9.17) is 0 Å². The average Bonchev–Trinajstić information content (AvgIpc) is 2.64. The lowest BCUT2D eigenvalue weighted by atomic mass is 9.96. The van der Waals surface area contributed by atoms with Crippen molar-refractivity contribution >= 4 is 21.6 Å². The van der Waals surface area contributed by atoms with Crippen LogP contribution in [0.15, 0.2) is 83.3 Å². The molecule has 0 saturated carbocycles. The average molecular weight is 396 g/mol. The predicted molar refractivity (Wildman–Crippen MR) is 108 cm³/mol. The molecule has 25 heavy (non-hydrogen) atoms. The molecule has 0 heterocycles. The monoisotopic (exact) mass is 395 g/mol. The summed E-state index contributed by atoms with van der Waals surface area (Å²) >= 11 is 3.47. The highest BCUT2D eigenvalue weighted by Crippen LogP contribution is 2.30. The molecule has 0 radical (unpaired) electrons. The zero-order valence-corrected chi connectivity index (χ0v) is 15.8. The van der Waals surface area contributed by atoms with Crippen LogP contribution in [0.25, 0.3) is 0 Å². The van der Waals surface area contributed by atoms with Gasteiger partial charge in [0, 0.05) is 16.6 Å². The lowest BCUT2D eigenvalue weighted by Crippen LogP contribution is -2.15. The van der Waals surface area contributed by atoms with Gasteiger partial charge >= 0.3 is 0 Å². The van der Waals surface area contributed by atoms with E-state index in [0.29, 0.717) is 6.42 Å². The number of aliphatic hydroxyl groups is 1. The molecule has 0 fully saturated rings. The van der Waals surface area contributed by atoms with Gasteiger partial charge in [0.25, 0.3) is 0 Å². The van der Waals surface area contributed by atoms with Gasteiger partial charge in [-0.15, -0.1) is 0 Å². The second-order valence-electron chi connectivity index (χ2n) is 6.28. The minimum Gasteiger partial charge on any atom is -0.388 e. The zero-order valence-electron chi connectivity index (χ0n) is 14.2. The van der Waals surface area contributed by atoms with Crippen LogP contribution in [0.3, 0.4) is 0 Å². The molecule has 3 rings (SSSR count). The highest BCUT2D eigenvalue weighted by molar-refractivity contribution is 9.10. The van der Waals surface area contributed by atoms with Crippen molar-refractivity contribution in [3.8, 4) is 0 Å². The number of aliphatic hydroxyl groups excluding tert-OH is 1. The SMILES string of the molecule is Cc1ccc(C(CC(O)c2ccccc2)Nc2ccc(Br)cc2)cc1. The number of aryl methyl sites for hydroxylation is 1. The maximum atomic E-state index is 10.7. The van der Waals surface area contributed by atoms with E-state index in [2.05, 4.69) is 52.4 Å². The maximum absolute atomic E-state index is 10.7. The van der Waals surface area contributed by atoms with Crippen LogP contribution in [0.1, 0.15) is 35.3 Å². The topological polar surface area (TPSA) is 32.3 Å². The fourth-order valence-electron chi connectivity index (χ4n) is 2.86. The molecule has 2 unspecified atom stereocenters. The molecular weight excluding hydrogens is 374 g/mol. The second-order valence-corrected chi connectivity index (χ2v) is 7.19. The van der Waals surface area contributed by atoms with E-state index >= 15 is 0 Å². The van der Waals surface area contributed by atoms with Crippen molar-refractivity contribution in [3.63, 3.8) is 0 Å². The van der Waals surface area contributed by atoms with Gasteiger partial charge in [0.05, 0.1) is 12.1 Å². The summed E-state index contributed by atoms with van der Waals surface area (Å²) in [6.07, 6.45) is 0.0822. The van der Waals surface area contributed by atoms with Crippen LogP contribution >= 0.6 is 15.9 Å². The van der Waals surface area contributed by atoms with E-state index in [-0.39, 0.29) is 6.04 Å². The molecule has 0 aliphatic carbocycles. The van der Waals surface area contributed by atoms with Gasteiger partial charge in [0.2, 0.25) is 0 Å². The molecule has 0 aromatic heterocycles. The number of halogens is 1. The third kappa shape index (κ3) is 4.94. The van der Waals surface area contributed by atoms with Gasteiger partial charge in [-0.05, 0) is 42.3 Å². The lowest BCUT2D eigenvalue weighted by Gasteiger charge is -2.24. The summed E-state index contributed by atoms with van der Waals surface area (Å²) in [5, 5.41) is 14.2. The molecule has 0 saturated heterocycles. The fraction of sp³-hybridized carbons (Fsp3) is 0.182. The zero-order chi connectivity index (χ0) is 17.6. The molecule has 2 N–H and O–H groups in total. The van der Waals surface area contributed by atoms with Crippen molar-refractivity contribution in [2.45, 2.75) is 25.5 Å². The third-order valence-electron chi connectivity index (χ3n) is 4.31. The molecule has 0 aliphatic heterocycles. The Kier molecular flexibility index (Phi) is 5.90. The first-order valence-corrected chi connectivity index (χ1v) is 9.23. The van der Waals surface area contributed by atoms with Gasteiger partial charge in [-0.3, -0.25) is 0 Å². The summed E-state index contributed by atoms with van der Waals surface area (Å²) in [4.78, 5) is 0. The normalized spacial score (nSPS) is 13.2. The number of anilines is 1. The molecule has 3 heteroatoms. The Balaban J connectivity index is 1.83. The van der Waals surface area contributed by atoms with Crippen LogP contribution in [0.5, 0.6) is 0 Å². The first-order valence-electron chi connectivity index (χ1n) is 8.43. The van der Waals surface area contributed by atoms with E-state index < -0.39 is 6.10 Å². The number of nitrogens with one attached hydrogen (secondary N) is 1. The van der Waals surface area contributed by atoms with Crippen LogP contribution in [0.2, 0.25) is 0 Å². The minimum absolute atomic E-state index is 0.0250. The van der Waals surface area contributed by atoms with Crippen molar-refractivity contribution in [2.75, 3.05) is 5.32 Å². The highest BCUT2D eigenvalue weighted by Gasteiger charge is 2.18. The van der Waals surface area contributed by atoms with Crippen LogP contribution in [0, 0.1) is 6.92 Å². The Bertz CT molecular complexity index is 785. The largest absolute Gasteiger partial charge is 0.388 e. The van der Waals surface area contributed by atoms with E-state index in [1.807, 2.05) is 54.6 Å². The van der Waals surface area contributed by atoms with Gasteiger partial charge in [0.15, 0.2) is 0 Å². The van der Waals surface area contributed by atoms with Gasteiger partial charge in [-0.1, -0.05) is 76.1 Å². The summed E-state index contributed by atoms with van der Waals surface area (Å²) in [6.45, 7) is 2.08. The smallest absolute Gasteiger partial charge is 0.0812 e. The second kappa shape index (κ2) is 8.32. The lowest BCUT2D eigenvalue weighted by molar-refractivity contribution is 0.160. The number of rotatable bonds is 6. The molecule has 0 bridgehead atoms. The molecule has 0 spiro atoms. The number of hydrogen-bond acceptors (Lipinski definition) is 2. The Morgan fingerprint density at radius 3 is 2.12 bits per heavy atom.